The first kappa shape index (κ1) is 13.3. The number of pyridine rings is 1. The molecule has 0 aliphatic carbocycles. The Balaban J connectivity index is 2.08. The third-order valence-corrected chi connectivity index (χ3v) is 2.99. The van der Waals surface area contributed by atoms with Gasteiger partial charge in [0.15, 0.2) is 5.65 Å². The van der Waals surface area contributed by atoms with E-state index >= 15 is 0 Å². The number of hydrogen-bond donors (Lipinski definition) is 2. The first-order valence-corrected chi connectivity index (χ1v) is 6.79. The number of H-pyrrole nitrogens is 1. The number of nitrogens with one attached hydrogen (secondary N) is 2. The van der Waals surface area contributed by atoms with Crippen molar-refractivity contribution in [2.45, 2.75) is 13.3 Å². The summed E-state index contributed by atoms with van der Waals surface area (Å²) in [7, 11) is 1.78. The molecule has 3 aromatic rings. The molecule has 108 valence electrons. The summed E-state index contributed by atoms with van der Waals surface area (Å²) < 4.78 is 5.62. The molecule has 7 heteroatoms. The number of nitrogens with zero attached hydrogens (tertiary/aromatic N) is 4. The largest absolute Gasteiger partial charge is 0.492 e. The summed E-state index contributed by atoms with van der Waals surface area (Å²) in [4.78, 5) is 13.0. The van der Waals surface area contributed by atoms with Crippen molar-refractivity contribution in [3.8, 4) is 17.0 Å². The first-order chi connectivity index (χ1) is 10.3. The molecule has 0 aliphatic rings. The highest BCUT2D eigenvalue weighted by Gasteiger charge is 2.12. The Kier molecular flexibility index (Phi) is 3.63. The second-order valence-electron chi connectivity index (χ2n) is 4.54. The Morgan fingerprint density at radius 1 is 1.24 bits per heavy atom. The second kappa shape index (κ2) is 5.74. The van der Waals surface area contributed by atoms with E-state index in [2.05, 4.69) is 37.4 Å². The van der Waals surface area contributed by atoms with E-state index in [4.69, 9.17) is 4.74 Å². The summed E-state index contributed by atoms with van der Waals surface area (Å²) in [6.07, 6.45) is 6.12. The first-order valence-electron chi connectivity index (χ1n) is 6.79. The molecule has 21 heavy (non-hydrogen) atoms. The predicted octanol–water partition coefficient (Wildman–Crippen LogP) is 2.25. The van der Waals surface area contributed by atoms with Gasteiger partial charge in [-0.3, -0.25) is 10.1 Å². The lowest BCUT2D eigenvalue weighted by atomic mass is 10.1. The van der Waals surface area contributed by atoms with Gasteiger partial charge in [-0.1, -0.05) is 6.92 Å². The summed E-state index contributed by atoms with van der Waals surface area (Å²) in [6, 6.07) is 1.93. The summed E-state index contributed by atoms with van der Waals surface area (Å²) in [5.74, 6) is 1.26. The van der Waals surface area contributed by atoms with E-state index < -0.39 is 0 Å². The second-order valence-corrected chi connectivity index (χ2v) is 4.54. The molecule has 3 heterocycles. The molecule has 0 radical (unpaired) electrons. The van der Waals surface area contributed by atoms with Gasteiger partial charge in [0.2, 0.25) is 5.95 Å². The number of aromatic amines is 1. The van der Waals surface area contributed by atoms with Crippen LogP contribution in [0.4, 0.5) is 5.95 Å². The fraction of sp³-hybridized carbons (Fsp3) is 0.286. The zero-order chi connectivity index (χ0) is 14.7. The van der Waals surface area contributed by atoms with Gasteiger partial charge in [0.05, 0.1) is 30.1 Å². The van der Waals surface area contributed by atoms with Gasteiger partial charge in [0.1, 0.15) is 5.75 Å². The van der Waals surface area contributed by atoms with Crippen LogP contribution in [0.3, 0.4) is 0 Å². The van der Waals surface area contributed by atoms with Gasteiger partial charge < -0.3 is 10.1 Å². The lowest BCUT2D eigenvalue weighted by Gasteiger charge is -2.08. The van der Waals surface area contributed by atoms with Crippen molar-refractivity contribution in [3.05, 3.63) is 24.7 Å². The van der Waals surface area contributed by atoms with Gasteiger partial charge in [0.25, 0.3) is 0 Å². The average Bonchev–Trinajstić information content (AvgIpc) is 3.00. The third-order valence-electron chi connectivity index (χ3n) is 2.99. The highest BCUT2D eigenvalue weighted by molar-refractivity contribution is 5.90. The van der Waals surface area contributed by atoms with Gasteiger partial charge in [0, 0.05) is 18.8 Å². The number of anilines is 1. The molecular formula is C14H16N6O. The van der Waals surface area contributed by atoms with E-state index in [0.29, 0.717) is 18.2 Å². The van der Waals surface area contributed by atoms with Crippen LogP contribution in [0.5, 0.6) is 5.75 Å². The molecule has 0 unspecified atom stereocenters. The van der Waals surface area contributed by atoms with Crippen molar-refractivity contribution in [3.63, 3.8) is 0 Å². The molecule has 0 bridgehead atoms. The maximum Gasteiger partial charge on any atom is 0.225 e. The molecule has 0 saturated carbocycles. The smallest absolute Gasteiger partial charge is 0.225 e. The quantitative estimate of drug-likeness (QED) is 0.747. The lowest BCUT2D eigenvalue weighted by Crippen LogP contribution is -1.99. The Labute approximate surface area is 121 Å². The van der Waals surface area contributed by atoms with E-state index in [1.54, 1.807) is 25.6 Å². The normalized spacial score (nSPS) is 10.8. The molecule has 0 spiro atoms. The van der Waals surface area contributed by atoms with Crippen molar-refractivity contribution >= 4 is 17.0 Å². The number of rotatable bonds is 5. The van der Waals surface area contributed by atoms with Crippen LogP contribution in [0.1, 0.15) is 13.3 Å². The minimum absolute atomic E-state index is 0.529. The fourth-order valence-corrected chi connectivity index (χ4v) is 2.01. The highest BCUT2D eigenvalue weighted by atomic mass is 16.5. The monoisotopic (exact) mass is 284 g/mol. The number of hydrogen-bond acceptors (Lipinski definition) is 6. The molecular weight excluding hydrogens is 268 g/mol. The zero-order valence-electron chi connectivity index (χ0n) is 11.9. The van der Waals surface area contributed by atoms with Gasteiger partial charge >= 0.3 is 0 Å². The molecule has 0 aromatic carbocycles. The van der Waals surface area contributed by atoms with Crippen LogP contribution in [-0.2, 0) is 0 Å². The Morgan fingerprint density at radius 2 is 2.14 bits per heavy atom. The van der Waals surface area contributed by atoms with Crippen LogP contribution >= 0.6 is 0 Å². The predicted molar refractivity (Wildman–Crippen MR) is 80.2 cm³/mol. The van der Waals surface area contributed by atoms with E-state index in [1.165, 1.54) is 0 Å². The summed E-state index contributed by atoms with van der Waals surface area (Å²) in [5, 5.41) is 10.7. The Morgan fingerprint density at radius 3 is 2.95 bits per heavy atom. The van der Waals surface area contributed by atoms with Crippen LogP contribution in [-0.4, -0.2) is 38.8 Å². The molecule has 0 aliphatic heterocycles. The summed E-state index contributed by atoms with van der Waals surface area (Å²) >= 11 is 0. The van der Waals surface area contributed by atoms with Crippen molar-refractivity contribution in [1.29, 1.82) is 0 Å². The molecule has 7 nitrogen and oxygen atoms in total. The number of ether oxygens (including phenoxy) is 1. The van der Waals surface area contributed by atoms with Crippen LogP contribution in [0.25, 0.3) is 22.3 Å². The summed E-state index contributed by atoms with van der Waals surface area (Å²) in [5.41, 5.74) is 2.32. The lowest BCUT2D eigenvalue weighted by molar-refractivity contribution is 0.316. The van der Waals surface area contributed by atoms with Crippen LogP contribution in [0.2, 0.25) is 0 Å². The molecule has 0 amide bonds. The van der Waals surface area contributed by atoms with E-state index in [9.17, 15) is 0 Å². The molecule has 0 fully saturated rings. The van der Waals surface area contributed by atoms with Crippen LogP contribution in [0, 0.1) is 0 Å². The van der Waals surface area contributed by atoms with Gasteiger partial charge in [-0.2, -0.15) is 10.1 Å². The number of aromatic nitrogens is 5. The van der Waals surface area contributed by atoms with Crippen molar-refractivity contribution in [2.24, 2.45) is 0 Å². The van der Waals surface area contributed by atoms with Crippen molar-refractivity contribution in [1.82, 2.24) is 25.1 Å². The maximum atomic E-state index is 5.62. The van der Waals surface area contributed by atoms with E-state index in [1.807, 2.05) is 6.07 Å². The van der Waals surface area contributed by atoms with Crippen molar-refractivity contribution < 1.29 is 4.74 Å². The van der Waals surface area contributed by atoms with Gasteiger partial charge in [-0.15, -0.1) is 0 Å². The van der Waals surface area contributed by atoms with E-state index in [-0.39, 0.29) is 0 Å². The van der Waals surface area contributed by atoms with E-state index in [0.717, 1.165) is 28.8 Å². The van der Waals surface area contributed by atoms with Crippen molar-refractivity contribution in [2.75, 3.05) is 19.0 Å². The maximum absolute atomic E-state index is 5.62. The SMILES string of the molecule is CCCOc1cncc(-c2nc(NC)nc3[nH]ncc23)c1. The summed E-state index contributed by atoms with van der Waals surface area (Å²) in [6.45, 7) is 2.73. The Bertz CT molecular complexity index is 754. The van der Waals surface area contributed by atoms with Gasteiger partial charge in [-0.25, -0.2) is 4.98 Å². The van der Waals surface area contributed by atoms with Crippen LogP contribution < -0.4 is 10.1 Å². The molecule has 2 N–H and O–H groups in total. The van der Waals surface area contributed by atoms with Gasteiger partial charge in [-0.05, 0) is 12.5 Å². The Hall–Kier alpha value is -2.70. The van der Waals surface area contributed by atoms with Crippen LogP contribution in [0.15, 0.2) is 24.7 Å². The molecule has 3 rings (SSSR count). The average molecular weight is 284 g/mol. The molecule has 0 atom stereocenters. The molecule has 3 aromatic heterocycles. The third kappa shape index (κ3) is 2.62. The zero-order valence-corrected chi connectivity index (χ0v) is 11.9. The minimum Gasteiger partial charge on any atom is -0.492 e. The number of fused-ring (bicyclic) bond motifs is 1. The fourth-order valence-electron chi connectivity index (χ4n) is 2.01. The minimum atomic E-state index is 0.529. The topological polar surface area (TPSA) is 88.6 Å². The highest BCUT2D eigenvalue weighted by Crippen LogP contribution is 2.27. The standard InChI is InChI=1S/C14H16N6O/c1-3-4-21-10-5-9(6-16-7-10)12-11-8-17-20-13(11)19-14(15-2)18-12/h5-8H,3-4H2,1-2H3,(H2,15,17,18,19,20). The molecule has 0 saturated heterocycles.